The van der Waals surface area contributed by atoms with Crippen molar-refractivity contribution in [3.8, 4) is 0 Å². The zero-order valence-corrected chi connectivity index (χ0v) is 14.8. The largest absolute Gasteiger partial charge is 0.469 e. The fraction of sp³-hybridized carbons (Fsp3) is 0.474. The molecule has 0 bridgehead atoms. The number of aryl methyl sites for hydroxylation is 1. The summed E-state index contributed by atoms with van der Waals surface area (Å²) in [6, 6.07) is 7.73. The molecule has 0 radical (unpaired) electrons. The van der Waals surface area contributed by atoms with E-state index in [4.69, 9.17) is 9.15 Å². The van der Waals surface area contributed by atoms with Crippen molar-refractivity contribution in [2.75, 3.05) is 18.0 Å². The van der Waals surface area contributed by atoms with Gasteiger partial charge in [-0.2, -0.15) is 0 Å². The van der Waals surface area contributed by atoms with E-state index in [1.54, 1.807) is 6.26 Å². The first-order chi connectivity index (χ1) is 12.1. The second-order valence-electron chi connectivity index (χ2n) is 6.54. The Kier molecular flexibility index (Phi) is 5.71. The first-order valence-electron chi connectivity index (χ1n) is 8.74. The summed E-state index contributed by atoms with van der Waals surface area (Å²) in [4.78, 5) is 18.7. The van der Waals surface area contributed by atoms with Crippen LogP contribution in [-0.2, 0) is 22.5 Å². The third-order valence-corrected chi connectivity index (χ3v) is 4.22. The highest BCUT2D eigenvalue weighted by atomic mass is 16.5. The normalized spacial score (nSPS) is 20.5. The van der Waals surface area contributed by atoms with E-state index in [2.05, 4.69) is 29.0 Å². The molecule has 2 atom stereocenters. The van der Waals surface area contributed by atoms with Gasteiger partial charge in [0.05, 0.1) is 18.5 Å². The maximum Gasteiger partial charge on any atom is 0.220 e. The number of aromatic nitrogens is 1. The molecule has 2 aromatic rings. The highest BCUT2D eigenvalue weighted by Crippen LogP contribution is 2.18. The summed E-state index contributed by atoms with van der Waals surface area (Å²) in [5.74, 6) is 1.79. The van der Waals surface area contributed by atoms with Crippen LogP contribution in [0.25, 0.3) is 0 Å². The van der Waals surface area contributed by atoms with Crippen molar-refractivity contribution in [2.24, 2.45) is 0 Å². The predicted octanol–water partition coefficient (Wildman–Crippen LogP) is 2.54. The monoisotopic (exact) mass is 343 g/mol. The molecule has 0 aromatic carbocycles. The number of carbonyl (C=O) groups excluding carboxylic acids is 1. The molecule has 0 spiro atoms. The molecule has 25 heavy (non-hydrogen) atoms. The van der Waals surface area contributed by atoms with Crippen molar-refractivity contribution in [3.63, 3.8) is 0 Å². The molecule has 0 saturated carbocycles. The standard InChI is InChI=1S/C19H25N3O3/c1-14-12-22(13-15(2)25-14)18-7-5-16(10-20-18)11-21-19(23)8-6-17-4-3-9-24-17/h3-5,7,9-10,14-15H,6,8,11-13H2,1-2H3,(H,21,23)/t14-,15-/m1/s1. The molecule has 6 nitrogen and oxygen atoms in total. The highest BCUT2D eigenvalue weighted by Gasteiger charge is 2.22. The first kappa shape index (κ1) is 17.5. The van der Waals surface area contributed by atoms with Gasteiger partial charge in [-0.15, -0.1) is 0 Å². The van der Waals surface area contributed by atoms with Crippen molar-refractivity contribution in [1.82, 2.24) is 10.3 Å². The van der Waals surface area contributed by atoms with E-state index in [0.29, 0.717) is 19.4 Å². The number of hydrogen-bond acceptors (Lipinski definition) is 5. The van der Waals surface area contributed by atoms with Gasteiger partial charge in [0, 0.05) is 38.7 Å². The number of furan rings is 1. The van der Waals surface area contributed by atoms with E-state index >= 15 is 0 Å². The summed E-state index contributed by atoms with van der Waals surface area (Å²) in [5, 5.41) is 2.92. The SMILES string of the molecule is C[C@@H]1CN(c2ccc(CNC(=O)CCc3ccco3)cn2)C[C@@H](C)O1. The molecule has 0 aliphatic carbocycles. The van der Waals surface area contributed by atoms with Crippen LogP contribution >= 0.6 is 0 Å². The van der Waals surface area contributed by atoms with Gasteiger partial charge in [0.15, 0.2) is 0 Å². The number of anilines is 1. The molecule has 1 N–H and O–H groups in total. The van der Waals surface area contributed by atoms with E-state index in [1.807, 2.05) is 30.5 Å². The third kappa shape index (κ3) is 5.06. The van der Waals surface area contributed by atoms with Crippen LogP contribution in [0.3, 0.4) is 0 Å². The van der Waals surface area contributed by atoms with Gasteiger partial charge in [-0.1, -0.05) is 6.07 Å². The quantitative estimate of drug-likeness (QED) is 0.873. The van der Waals surface area contributed by atoms with Gasteiger partial charge in [-0.05, 0) is 37.6 Å². The van der Waals surface area contributed by atoms with E-state index in [0.717, 1.165) is 30.2 Å². The Morgan fingerprint density at radius 1 is 1.28 bits per heavy atom. The lowest BCUT2D eigenvalue weighted by Gasteiger charge is -2.36. The minimum absolute atomic E-state index is 0.0105. The molecule has 1 fully saturated rings. The molecule has 1 aliphatic heterocycles. The Morgan fingerprint density at radius 2 is 2.08 bits per heavy atom. The summed E-state index contributed by atoms with van der Waals surface area (Å²) in [6.45, 7) is 6.34. The van der Waals surface area contributed by atoms with Crippen molar-refractivity contribution in [2.45, 2.75) is 45.4 Å². The molecule has 1 aliphatic rings. The Morgan fingerprint density at radius 3 is 2.72 bits per heavy atom. The van der Waals surface area contributed by atoms with Crippen molar-refractivity contribution >= 4 is 11.7 Å². The fourth-order valence-electron chi connectivity index (χ4n) is 3.05. The van der Waals surface area contributed by atoms with Gasteiger partial charge in [0.2, 0.25) is 5.91 Å². The number of pyridine rings is 1. The van der Waals surface area contributed by atoms with Crippen LogP contribution in [0.1, 0.15) is 31.6 Å². The second kappa shape index (κ2) is 8.16. The van der Waals surface area contributed by atoms with Crippen LogP contribution in [0.5, 0.6) is 0 Å². The summed E-state index contributed by atoms with van der Waals surface area (Å²) in [5.41, 5.74) is 0.990. The maximum absolute atomic E-state index is 11.9. The Labute approximate surface area is 148 Å². The number of amides is 1. The molecule has 0 unspecified atom stereocenters. The molecule has 3 heterocycles. The van der Waals surface area contributed by atoms with Gasteiger partial charge >= 0.3 is 0 Å². The Bertz CT molecular complexity index is 660. The molecular formula is C19H25N3O3. The molecule has 134 valence electrons. The average molecular weight is 343 g/mol. The Hall–Kier alpha value is -2.34. The average Bonchev–Trinajstić information content (AvgIpc) is 3.11. The van der Waals surface area contributed by atoms with Crippen molar-refractivity contribution in [1.29, 1.82) is 0 Å². The lowest BCUT2D eigenvalue weighted by atomic mass is 10.2. The predicted molar refractivity (Wildman–Crippen MR) is 95.3 cm³/mol. The molecule has 1 amide bonds. The topological polar surface area (TPSA) is 67.6 Å². The fourth-order valence-corrected chi connectivity index (χ4v) is 3.05. The van der Waals surface area contributed by atoms with Crippen LogP contribution < -0.4 is 10.2 Å². The van der Waals surface area contributed by atoms with E-state index < -0.39 is 0 Å². The lowest BCUT2D eigenvalue weighted by molar-refractivity contribution is -0.121. The number of nitrogens with zero attached hydrogens (tertiary/aromatic N) is 2. The Balaban J connectivity index is 1.46. The number of nitrogens with one attached hydrogen (secondary N) is 1. The van der Waals surface area contributed by atoms with Crippen LogP contribution in [-0.4, -0.2) is 36.2 Å². The van der Waals surface area contributed by atoms with Crippen LogP contribution in [0, 0.1) is 0 Å². The van der Waals surface area contributed by atoms with E-state index in [-0.39, 0.29) is 18.1 Å². The third-order valence-electron chi connectivity index (χ3n) is 4.22. The highest BCUT2D eigenvalue weighted by molar-refractivity contribution is 5.76. The molecular weight excluding hydrogens is 318 g/mol. The van der Waals surface area contributed by atoms with Crippen LogP contribution in [0.15, 0.2) is 41.1 Å². The zero-order valence-electron chi connectivity index (χ0n) is 14.8. The molecule has 6 heteroatoms. The maximum atomic E-state index is 11.9. The van der Waals surface area contributed by atoms with Gasteiger partial charge in [-0.3, -0.25) is 4.79 Å². The smallest absolute Gasteiger partial charge is 0.220 e. The van der Waals surface area contributed by atoms with Crippen molar-refractivity contribution < 1.29 is 13.9 Å². The van der Waals surface area contributed by atoms with E-state index in [9.17, 15) is 4.79 Å². The van der Waals surface area contributed by atoms with Gasteiger partial charge in [-0.25, -0.2) is 4.98 Å². The van der Waals surface area contributed by atoms with Crippen molar-refractivity contribution in [3.05, 3.63) is 48.0 Å². The molecule has 3 rings (SSSR count). The summed E-state index contributed by atoms with van der Waals surface area (Å²) in [6.07, 6.45) is 4.90. The van der Waals surface area contributed by atoms with Crippen LogP contribution in [0.4, 0.5) is 5.82 Å². The minimum Gasteiger partial charge on any atom is -0.469 e. The zero-order chi connectivity index (χ0) is 17.6. The lowest BCUT2D eigenvalue weighted by Crippen LogP contribution is -2.45. The number of ether oxygens (including phenoxy) is 1. The van der Waals surface area contributed by atoms with Gasteiger partial charge < -0.3 is 19.4 Å². The van der Waals surface area contributed by atoms with Gasteiger partial charge in [0.25, 0.3) is 0 Å². The number of morpholine rings is 1. The summed E-state index contributed by atoms with van der Waals surface area (Å²) in [7, 11) is 0. The minimum atomic E-state index is 0.0105. The van der Waals surface area contributed by atoms with Gasteiger partial charge in [0.1, 0.15) is 11.6 Å². The summed E-state index contributed by atoms with van der Waals surface area (Å²) >= 11 is 0. The second-order valence-corrected chi connectivity index (χ2v) is 6.54. The molecule has 1 saturated heterocycles. The van der Waals surface area contributed by atoms with Crippen LogP contribution in [0.2, 0.25) is 0 Å². The number of rotatable bonds is 6. The number of hydrogen-bond donors (Lipinski definition) is 1. The number of carbonyl (C=O) groups is 1. The van der Waals surface area contributed by atoms with E-state index in [1.165, 1.54) is 0 Å². The molecule has 2 aromatic heterocycles. The summed E-state index contributed by atoms with van der Waals surface area (Å²) < 4.78 is 11.0. The first-order valence-corrected chi connectivity index (χ1v) is 8.74.